The van der Waals surface area contributed by atoms with Crippen molar-refractivity contribution in [3.63, 3.8) is 0 Å². The Hall–Kier alpha value is -0.970. The van der Waals surface area contributed by atoms with Crippen molar-refractivity contribution in [3.8, 4) is 5.75 Å². The first kappa shape index (κ1) is 17.1. The number of nitrogens with zero attached hydrogens (tertiary/aromatic N) is 2. The summed E-state index contributed by atoms with van der Waals surface area (Å²) in [5, 5.41) is 10.5. The third-order valence-electron chi connectivity index (χ3n) is 2.89. The van der Waals surface area contributed by atoms with Gasteiger partial charge < -0.3 is 5.11 Å². The largest absolute Gasteiger partial charge is 0.504 e. The molecule has 0 spiro atoms. The lowest BCUT2D eigenvalue weighted by Gasteiger charge is -2.25. The molecule has 1 rings (SSSR count). The third-order valence-corrected chi connectivity index (χ3v) is 3.30. The summed E-state index contributed by atoms with van der Waals surface area (Å²) in [6, 6.07) is 0. The lowest BCUT2D eigenvalue weighted by molar-refractivity contribution is 0.0984. The number of hydrogen-bond donors (Lipinski definition) is 1. The average molecular weight is 343 g/mol. The Kier molecular flexibility index (Phi) is 4.64. The van der Waals surface area contributed by atoms with E-state index in [1.165, 1.54) is 0 Å². The second-order valence-electron chi connectivity index (χ2n) is 7.07. The van der Waals surface area contributed by atoms with Crippen molar-refractivity contribution in [3.05, 3.63) is 17.2 Å². The van der Waals surface area contributed by atoms with Crippen LogP contribution in [0.5, 0.6) is 5.75 Å². The summed E-state index contributed by atoms with van der Waals surface area (Å²) >= 11 is 3.25. The van der Waals surface area contributed by atoms with Crippen LogP contribution in [0, 0.1) is 0 Å². The van der Waals surface area contributed by atoms with Crippen molar-refractivity contribution in [2.45, 2.75) is 64.1 Å². The summed E-state index contributed by atoms with van der Waals surface area (Å²) < 4.78 is 0. The van der Waals surface area contributed by atoms with Crippen molar-refractivity contribution in [1.29, 1.82) is 0 Å². The van der Waals surface area contributed by atoms with Crippen LogP contribution in [0.2, 0.25) is 0 Å². The Morgan fingerprint density at radius 3 is 1.65 bits per heavy atom. The van der Waals surface area contributed by atoms with Crippen molar-refractivity contribution >= 4 is 21.7 Å². The minimum absolute atomic E-state index is 0.0868. The Morgan fingerprint density at radius 2 is 1.40 bits per heavy atom. The van der Waals surface area contributed by atoms with Crippen LogP contribution in [0.25, 0.3) is 0 Å². The minimum Gasteiger partial charge on any atom is -0.504 e. The molecule has 0 amide bonds. The lowest BCUT2D eigenvalue weighted by atomic mass is 9.85. The number of rotatable bonds is 2. The zero-order chi connectivity index (χ0) is 15.9. The molecule has 1 aromatic rings. The molecular formula is C15H23BrN2O2. The van der Waals surface area contributed by atoms with Crippen LogP contribution in [0.4, 0.5) is 0 Å². The number of halogens is 1. The Balaban J connectivity index is 3.63. The molecule has 20 heavy (non-hydrogen) atoms. The predicted octanol–water partition coefficient (Wildman–Crippen LogP) is 3.74. The average Bonchev–Trinajstić information content (AvgIpc) is 2.24. The molecule has 0 aliphatic rings. The fraction of sp³-hybridized carbons (Fsp3) is 0.667. The quantitative estimate of drug-likeness (QED) is 0.656. The van der Waals surface area contributed by atoms with Gasteiger partial charge in [0.25, 0.3) is 0 Å². The molecular weight excluding hydrogens is 320 g/mol. The molecule has 1 heterocycles. The van der Waals surface area contributed by atoms with E-state index in [0.29, 0.717) is 11.4 Å². The van der Waals surface area contributed by atoms with E-state index in [1.54, 1.807) is 6.92 Å². The van der Waals surface area contributed by atoms with Crippen LogP contribution in [-0.2, 0) is 10.8 Å². The van der Waals surface area contributed by atoms with Crippen LogP contribution < -0.4 is 0 Å². The maximum atomic E-state index is 12.2. The lowest BCUT2D eigenvalue weighted by Crippen LogP contribution is -2.25. The molecule has 0 aromatic carbocycles. The first-order valence-corrected chi connectivity index (χ1v) is 7.57. The highest BCUT2D eigenvalue weighted by Gasteiger charge is 2.31. The summed E-state index contributed by atoms with van der Waals surface area (Å²) in [5.41, 5.74) is 0.290. The van der Waals surface area contributed by atoms with Crippen molar-refractivity contribution in [1.82, 2.24) is 9.97 Å². The first-order valence-electron chi connectivity index (χ1n) is 6.66. The summed E-state index contributed by atoms with van der Waals surface area (Å²) in [4.78, 5) is 20.4. The summed E-state index contributed by atoms with van der Waals surface area (Å²) in [5.74, 6) is 0.0619. The number of hydrogen-bond acceptors (Lipinski definition) is 4. The van der Waals surface area contributed by atoms with Crippen LogP contribution in [0.1, 0.15) is 70.5 Å². The van der Waals surface area contributed by atoms with Crippen LogP contribution in [0.3, 0.4) is 0 Å². The molecule has 0 aliphatic carbocycles. The van der Waals surface area contributed by atoms with Gasteiger partial charge in [0.2, 0.25) is 5.78 Å². The molecule has 0 bridgehead atoms. The summed E-state index contributed by atoms with van der Waals surface area (Å²) in [6.45, 7) is 13.5. The summed E-state index contributed by atoms with van der Waals surface area (Å²) in [6.07, 6.45) is 0. The van der Waals surface area contributed by atoms with Crippen molar-refractivity contribution in [2.75, 3.05) is 0 Å². The van der Waals surface area contributed by atoms with Gasteiger partial charge in [-0.1, -0.05) is 57.5 Å². The van der Waals surface area contributed by atoms with E-state index in [1.807, 2.05) is 41.5 Å². The molecule has 112 valence electrons. The van der Waals surface area contributed by atoms with E-state index in [0.717, 1.165) is 0 Å². The van der Waals surface area contributed by atoms with E-state index < -0.39 is 0 Å². The zero-order valence-electron chi connectivity index (χ0n) is 13.2. The van der Waals surface area contributed by atoms with Crippen molar-refractivity contribution < 1.29 is 9.90 Å². The maximum absolute atomic E-state index is 12.2. The van der Waals surface area contributed by atoms with E-state index in [9.17, 15) is 9.90 Å². The highest BCUT2D eigenvalue weighted by atomic mass is 79.9. The van der Waals surface area contributed by atoms with E-state index >= 15 is 0 Å². The first-order chi connectivity index (χ1) is 8.85. The minimum atomic E-state index is -0.363. The second kappa shape index (κ2) is 5.43. The van der Waals surface area contributed by atoms with Gasteiger partial charge in [-0.3, -0.25) is 4.79 Å². The molecule has 0 aliphatic heterocycles. The maximum Gasteiger partial charge on any atom is 0.213 e. The third kappa shape index (κ3) is 3.57. The Labute approximate surface area is 129 Å². The zero-order valence-corrected chi connectivity index (χ0v) is 14.8. The molecule has 0 saturated carbocycles. The van der Waals surface area contributed by atoms with Gasteiger partial charge in [-0.2, -0.15) is 0 Å². The second-order valence-corrected chi connectivity index (χ2v) is 8.45. The Bertz CT molecular complexity index is 491. The SMILES string of the molecule is CC(Br)C(=O)c1nc(C(C)(C)C)c(O)c(C(C)(C)C)n1. The topological polar surface area (TPSA) is 63.1 Å². The van der Waals surface area contributed by atoms with E-state index in [2.05, 4.69) is 25.9 Å². The van der Waals surface area contributed by atoms with Crippen LogP contribution in [-0.4, -0.2) is 25.7 Å². The molecule has 4 nitrogen and oxygen atoms in total. The monoisotopic (exact) mass is 342 g/mol. The number of alkyl halides is 1. The van der Waals surface area contributed by atoms with E-state index in [-0.39, 0.29) is 33.0 Å². The van der Waals surface area contributed by atoms with Gasteiger partial charge in [0.05, 0.1) is 16.2 Å². The molecule has 0 fully saturated rings. The highest BCUT2D eigenvalue weighted by Crippen LogP contribution is 2.36. The van der Waals surface area contributed by atoms with Gasteiger partial charge >= 0.3 is 0 Å². The standard InChI is InChI=1S/C15H23BrN2O2/c1-8(16)9(19)13-17-11(14(2,3)4)10(20)12(18-13)15(5,6)7/h8,20H,1-7H3. The fourth-order valence-electron chi connectivity index (χ4n) is 1.79. The number of aromatic hydroxyl groups is 1. The van der Waals surface area contributed by atoms with Crippen LogP contribution >= 0.6 is 15.9 Å². The molecule has 0 saturated heterocycles. The summed E-state index contributed by atoms with van der Waals surface area (Å²) in [7, 11) is 0. The predicted molar refractivity (Wildman–Crippen MR) is 83.8 cm³/mol. The van der Waals surface area contributed by atoms with Gasteiger partial charge in [0.1, 0.15) is 0 Å². The number of carbonyl (C=O) groups excluding carboxylic acids is 1. The molecule has 1 N–H and O–H groups in total. The van der Waals surface area contributed by atoms with Crippen molar-refractivity contribution in [2.24, 2.45) is 0 Å². The smallest absolute Gasteiger partial charge is 0.213 e. The number of Topliss-reactive ketones (excluding diaryl/α,β-unsaturated/α-hetero) is 1. The van der Waals surface area contributed by atoms with Gasteiger partial charge in [0, 0.05) is 10.8 Å². The van der Waals surface area contributed by atoms with E-state index in [4.69, 9.17) is 0 Å². The number of aromatic nitrogens is 2. The number of ketones is 1. The van der Waals surface area contributed by atoms with Crippen LogP contribution in [0.15, 0.2) is 0 Å². The number of carbonyl (C=O) groups is 1. The normalized spacial score (nSPS) is 14.2. The molecule has 0 radical (unpaired) electrons. The highest BCUT2D eigenvalue weighted by molar-refractivity contribution is 9.10. The molecule has 1 atom stereocenters. The molecule has 1 unspecified atom stereocenters. The van der Waals surface area contributed by atoms with Gasteiger partial charge in [0.15, 0.2) is 11.6 Å². The molecule has 1 aromatic heterocycles. The molecule has 5 heteroatoms. The van der Waals surface area contributed by atoms with Gasteiger partial charge in [-0.15, -0.1) is 0 Å². The fourth-order valence-corrected chi connectivity index (χ4v) is 1.99. The van der Waals surface area contributed by atoms with Gasteiger partial charge in [-0.25, -0.2) is 9.97 Å². The van der Waals surface area contributed by atoms with Gasteiger partial charge in [-0.05, 0) is 6.92 Å². The Morgan fingerprint density at radius 1 is 1.05 bits per heavy atom.